The lowest BCUT2D eigenvalue weighted by Gasteiger charge is -2.29. The third kappa shape index (κ3) is 2.46. The van der Waals surface area contributed by atoms with E-state index in [1.54, 1.807) is 0 Å². The second-order valence-corrected chi connectivity index (χ2v) is 4.84. The van der Waals surface area contributed by atoms with Gasteiger partial charge in [0.05, 0.1) is 0 Å². The molecule has 1 aliphatic heterocycles. The van der Waals surface area contributed by atoms with E-state index < -0.39 is 0 Å². The van der Waals surface area contributed by atoms with Crippen molar-refractivity contribution in [1.82, 2.24) is 19.7 Å². The lowest BCUT2D eigenvalue weighted by atomic mass is 9.98. The maximum atomic E-state index is 5.20. The molecule has 1 saturated heterocycles. The summed E-state index contributed by atoms with van der Waals surface area (Å²) in [6.07, 6.45) is 2.60. The van der Waals surface area contributed by atoms with Crippen molar-refractivity contribution in [2.45, 2.75) is 26.3 Å². The van der Waals surface area contributed by atoms with E-state index in [-0.39, 0.29) is 0 Å². The fraction of sp³-hybridized carbons (Fsp3) is 0.800. The first-order valence-electron chi connectivity index (χ1n) is 5.47. The Hall–Kier alpha value is -0.680. The van der Waals surface area contributed by atoms with E-state index in [1.807, 2.05) is 6.92 Å². The number of aromatic nitrogens is 3. The van der Waals surface area contributed by atoms with E-state index in [4.69, 9.17) is 12.2 Å². The first kappa shape index (κ1) is 10.8. The molecule has 1 aromatic rings. The van der Waals surface area contributed by atoms with Crippen LogP contribution in [-0.2, 0) is 6.54 Å². The SMILES string of the molecule is Cc1n[nH]c(=S)n1CC1CCCN(C)C1. The van der Waals surface area contributed by atoms with Crippen LogP contribution in [-0.4, -0.2) is 39.8 Å². The molecule has 1 aromatic heterocycles. The Morgan fingerprint density at radius 2 is 2.40 bits per heavy atom. The minimum Gasteiger partial charge on any atom is -0.306 e. The van der Waals surface area contributed by atoms with E-state index in [0.717, 1.165) is 17.1 Å². The van der Waals surface area contributed by atoms with Crippen LogP contribution in [0.5, 0.6) is 0 Å². The largest absolute Gasteiger partial charge is 0.306 e. The van der Waals surface area contributed by atoms with Gasteiger partial charge in [0.1, 0.15) is 5.82 Å². The van der Waals surface area contributed by atoms with Gasteiger partial charge in [0.25, 0.3) is 0 Å². The monoisotopic (exact) mass is 226 g/mol. The minimum absolute atomic E-state index is 0.715. The number of H-pyrrole nitrogens is 1. The molecular weight excluding hydrogens is 208 g/mol. The molecule has 2 rings (SSSR count). The molecule has 0 aromatic carbocycles. The van der Waals surface area contributed by atoms with Gasteiger partial charge < -0.3 is 9.47 Å². The van der Waals surface area contributed by atoms with Gasteiger partial charge in [-0.15, -0.1) is 0 Å². The van der Waals surface area contributed by atoms with Crippen molar-refractivity contribution in [2.75, 3.05) is 20.1 Å². The van der Waals surface area contributed by atoms with Crippen LogP contribution in [0.15, 0.2) is 0 Å². The van der Waals surface area contributed by atoms with Gasteiger partial charge in [0.2, 0.25) is 0 Å². The average molecular weight is 226 g/mol. The third-order valence-electron chi connectivity index (χ3n) is 3.11. The molecule has 0 amide bonds. The van der Waals surface area contributed by atoms with Gasteiger partial charge in [0.15, 0.2) is 4.77 Å². The highest BCUT2D eigenvalue weighted by Gasteiger charge is 2.18. The number of nitrogens with one attached hydrogen (secondary N) is 1. The maximum Gasteiger partial charge on any atom is 0.195 e. The summed E-state index contributed by atoms with van der Waals surface area (Å²) in [5.41, 5.74) is 0. The lowest BCUT2D eigenvalue weighted by molar-refractivity contribution is 0.193. The number of rotatable bonds is 2. The van der Waals surface area contributed by atoms with Crippen LogP contribution in [0.2, 0.25) is 0 Å². The fourth-order valence-electron chi connectivity index (χ4n) is 2.29. The summed E-state index contributed by atoms with van der Waals surface area (Å²) in [6, 6.07) is 0. The molecular formula is C10H18N4S. The third-order valence-corrected chi connectivity index (χ3v) is 3.42. The van der Waals surface area contributed by atoms with E-state index in [2.05, 4.69) is 26.7 Å². The molecule has 5 heteroatoms. The number of likely N-dealkylation sites (tertiary alicyclic amines) is 1. The fourth-order valence-corrected chi connectivity index (χ4v) is 2.54. The maximum absolute atomic E-state index is 5.20. The van der Waals surface area contributed by atoms with Crippen LogP contribution in [0.25, 0.3) is 0 Å². The number of aromatic amines is 1. The molecule has 1 atom stereocenters. The summed E-state index contributed by atoms with van der Waals surface area (Å²) < 4.78 is 2.86. The van der Waals surface area contributed by atoms with Gasteiger partial charge in [-0.3, -0.25) is 5.10 Å². The second-order valence-electron chi connectivity index (χ2n) is 4.46. The van der Waals surface area contributed by atoms with Crippen molar-refractivity contribution in [3.63, 3.8) is 0 Å². The second kappa shape index (κ2) is 4.45. The van der Waals surface area contributed by atoms with Crippen LogP contribution in [0.4, 0.5) is 0 Å². The van der Waals surface area contributed by atoms with Crippen molar-refractivity contribution >= 4 is 12.2 Å². The summed E-state index contributed by atoms with van der Waals surface area (Å²) in [4.78, 5) is 2.40. The summed E-state index contributed by atoms with van der Waals surface area (Å²) in [6.45, 7) is 5.41. The predicted molar refractivity (Wildman–Crippen MR) is 62.4 cm³/mol. The Labute approximate surface area is 95.3 Å². The number of piperidine rings is 1. The molecule has 0 radical (unpaired) electrons. The van der Waals surface area contributed by atoms with Crippen LogP contribution < -0.4 is 0 Å². The molecule has 2 heterocycles. The van der Waals surface area contributed by atoms with Crippen molar-refractivity contribution < 1.29 is 0 Å². The standard InChI is InChI=1S/C10H18N4S/c1-8-11-12-10(15)14(8)7-9-4-3-5-13(2)6-9/h9H,3-7H2,1-2H3,(H,12,15). The molecule has 0 saturated carbocycles. The smallest absolute Gasteiger partial charge is 0.195 e. The highest BCUT2D eigenvalue weighted by Crippen LogP contribution is 2.17. The Bertz CT molecular complexity index is 381. The molecule has 1 fully saturated rings. The molecule has 1 unspecified atom stereocenters. The number of nitrogens with zero attached hydrogens (tertiary/aromatic N) is 3. The van der Waals surface area contributed by atoms with Gasteiger partial charge in [-0.1, -0.05) is 0 Å². The van der Waals surface area contributed by atoms with Crippen molar-refractivity contribution in [2.24, 2.45) is 5.92 Å². The quantitative estimate of drug-likeness (QED) is 0.778. The first-order chi connectivity index (χ1) is 7.16. The van der Waals surface area contributed by atoms with Crippen LogP contribution in [0.1, 0.15) is 18.7 Å². The zero-order valence-electron chi connectivity index (χ0n) is 9.36. The van der Waals surface area contributed by atoms with E-state index >= 15 is 0 Å². The van der Waals surface area contributed by atoms with Gasteiger partial charge in [0, 0.05) is 13.1 Å². The van der Waals surface area contributed by atoms with Gasteiger partial charge in [-0.2, -0.15) is 5.10 Å². The molecule has 84 valence electrons. The molecule has 0 bridgehead atoms. The molecule has 4 nitrogen and oxygen atoms in total. The molecule has 1 N–H and O–H groups in total. The summed E-state index contributed by atoms with van der Waals surface area (Å²) in [5, 5.41) is 6.97. The summed E-state index contributed by atoms with van der Waals surface area (Å²) in [5.74, 6) is 1.71. The molecule has 0 spiro atoms. The molecule has 15 heavy (non-hydrogen) atoms. The molecule has 0 aliphatic carbocycles. The first-order valence-corrected chi connectivity index (χ1v) is 5.88. The Morgan fingerprint density at radius 1 is 1.60 bits per heavy atom. The zero-order valence-corrected chi connectivity index (χ0v) is 10.2. The molecule has 1 aliphatic rings. The van der Waals surface area contributed by atoms with E-state index in [0.29, 0.717) is 5.92 Å². The van der Waals surface area contributed by atoms with Gasteiger partial charge >= 0.3 is 0 Å². The van der Waals surface area contributed by atoms with Crippen molar-refractivity contribution in [1.29, 1.82) is 0 Å². The predicted octanol–water partition coefficient (Wildman–Crippen LogP) is 1.59. The summed E-state index contributed by atoms with van der Waals surface area (Å²) >= 11 is 5.20. The normalized spacial score (nSPS) is 23.2. The van der Waals surface area contributed by atoms with Crippen LogP contribution in [0.3, 0.4) is 0 Å². The van der Waals surface area contributed by atoms with Gasteiger partial charge in [-0.25, -0.2) is 0 Å². The van der Waals surface area contributed by atoms with Crippen molar-refractivity contribution in [3.8, 4) is 0 Å². The van der Waals surface area contributed by atoms with Gasteiger partial charge in [-0.05, 0) is 51.5 Å². The highest BCUT2D eigenvalue weighted by atomic mass is 32.1. The van der Waals surface area contributed by atoms with E-state index in [1.165, 1.54) is 25.9 Å². The van der Waals surface area contributed by atoms with Crippen molar-refractivity contribution in [3.05, 3.63) is 10.6 Å². The Balaban J connectivity index is 2.05. The number of hydrogen-bond donors (Lipinski definition) is 1. The zero-order chi connectivity index (χ0) is 10.8. The Kier molecular flexibility index (Phi) is 3.21. The average Bonchev–Trinajstić information content (AvgIpc) is 2.50. The minimum atomic E-state index is 0.715. The van der Waals surface area contributed by atoms with E-state index in [9.17, 15) is 0 Å². The topological polar surface area (TPSA) is 36.9 Å². The van der Waals surface area contributed by atoms with Crippen LogP contribution >= 0.6 is 12.2 Å². The number of hydrogen-bond acceptors (Lipinski definition) is 3. The van der Waals surface area contributed by atoms with Crippen LogP contribution in [0, 0.1) is 17.6 Å². The highest BCUT2D eigenvalue weighted by molar-refractivity contribution is 7.71. The lowest BCUT2D eigenvalue weighted by Crippen LogP contribution is -2.34. The number of aryl methyl sites for hydroxylation is 1. The Morgan fingerprint density at radius 3 is 3.00 bits per heavy atom. The summed E-state index contributed by atoms with van der Waals surface area (Å²) in [7, 11) is 2.19.